The van der Waals surface area contributed by atoms with Gasteiger partial charge < -0.3 is 79.9 Å². The molecule has 0 unspecified atom stereocenters. The first-order valence-electron chi connectivity index (χ1n) is 10.5. The second kappa shape index (κ2) is 14.8. The van der Waals surface area contributed by atoms with E-state index in [1.807, 2.05) is 12.1 Å². The number of hydrogen-bond donors (Lipinski definition) is 1. The summed E-state index contributed by atoms with van der Waals surface area (Å²) in [7, 11) is 1.66. The number of ether oxygens (including phenoxy) is 1. The van der Waals surface area contributed by atoms with E-state index < -0.39 is 0 Å². The molecular formula is C26H24ClFeN3O2-10. The number of halogens is 1. The van der Waals surface area contributed by atoms with Crippen molar-refractivity contribution in [3.05, 3.63) is 83.4 Å². The summed E-state index contributed by atoms with van der Waals surface area (Å²) in [4.78, 5) is 16.5. The van der Waals surface area contributed by atoms with E-state index in [0.717, 1.165) is 57.0 Å². The van der Waals surface area contributed by atoms with Crippen LogP contribution in [0, 0.1) is 48.5 Å². The molecule has 180 valence electrons. The first-order chi connectivity index (χ1) is 15.7. The normalized spacial score (nSPS) is 13.5. The van der Waals surface area contributed by atoms with Gasteiger partial charge in [0, 0.05) is 43.2 Å². The van der Waals surface area contributed by atoms with Crippen LogP contribution in [0.4, 0.5) is 5.69 Å². The molecule has 0 atom stereocenters. The Bertz CT molecular complexity index is 891. The van der Waals surface area contributed by atoms with Gasteiger partial charge in [-0.25, -0.2) is 0 Å². The summed E-state index contributed by atoms with van der Waals surface area (Å²) in [5, 5.41) is 3.52. The minimum Gasteiger partial charge on any atom is -0.999 e. The van der Waals surface area contributed by atoms with Gasteiger partial charge in [-0.05, 0) is 38.1 Å². The van der Waals surface area contributed by atoms with Crippen molar-refractivity contribution in [1.29, 1.82) is 0 Å². The van der Waals surface area contributed by atoms with Crippen molar-refractivity contribution in [2.45, 2.75) is 12.8 Å². The van der Waals surface area contributed by atoms with Crippen LogP contribution in [0.15, 0.2) is 24.3 Å². The van der Waals surface area contributed by atoms with Crippen molar-refractivity contribution in [2.75, 3.05) is 51.3 Å². The van der Waals surface area contributed by atoms with Gasteiger partial charge in [0.1, 0.15) is 0 Å². The third kappa shape index (κ3) is 8.56. The van der Waals surface area contributed by atoms with Gasteiger partial charge in [0.05, 0.1) is 17.8 Å². The molecule has 0 spiro atoms. The van der Waals surface area contributed by atoms with E-state index in [-0.39, 0.29) is 23.0 Å². The first kappa shape index (κ1) is 27.0. The standard InChI is InChI=1S/C21H23ClN3O2.C5H.Fe/c1-27-20-18(22)9-6-10-19(20)25-15-13-24(14-16-25)12-5-4-11-23-21(26)17-7-2-3-8-17;1-2-4-5-3-1;/h6,9-10H,4-5,11-16H2,1H3,(H,23,26);1H;/q2*-5;. The zero-order valence-corrected chi connectivity index (χ0v) is 20.3. The average molecular weight is 502 g/mol. The van der Waals surface area contributed by atoms with Gasteiger partial charge in [0.15, 0.2) is 5.75 Å². The van der Waals surface area contributed by atoms with E-state index >= 15 is 0 Å². The monoisotopic (exact) mass is 501 g/mol. The number of nitrogens with one attached hydrogen (secondary N) is 1. The van der Waals surface area contributed by atoms with Crippen molar-refractivity contribution >= 4 is 23.2 Å². The van der Waals surface area contributed by atoms with Gasteiger partial charge in [-0.15, -0.1) is 0 Å². The molecule has 1 aliphatic rings. The number of carbonyl (C=O) groups excluding carboxylic acids is 1. The maximum Gasteiger partial charge on any atom is 0.160 e. The Morgan fingerprint density at radius 1 is 1.12 bits per heavy atom. The molecule has 3 aromatic carbocycles. The fourth-order valence-electron chi connectivity index (χ4n) is 3.42. The summed E-state index contributed by atoms with van der Waals surface area (Å²) in [5.41, 5.74) is 1.44. The van der Waals surface area contributed by atoms with E-state index in [1.165, 1.54) is 0 Å². The van der Waals surface area contributed by atoms with Crippen molar-refractivity contribution < 1.29 is 26.6 Å². The van der Waals surface area contributed by atoms with Gasteiger partial charge in [-0.1, -0.05) is 17.7 Å². The SMILES string of the molecule is COc1c(Cl)cccc1N1CCN(CCCCNC(=O)[c-]2[c-][c-][c-][c-]2)CC1.[Fe].[c-]1[c-][c-][cH-][c-]1. The number of anilines is 1. The van der Waals surface area contributed by atoms with Gasteiger partial charge in [-0.2, -0.15) is 5.91 Å². The number of rotatable bonds is 8. The molecule has 0 aliphatic carbocycles. The van der Waals surface area contributed by atoms with Crippen molar-refractivity contribution in [3.63, 3.8) is 0 Å². The van der Waals surface area contributed by atoms with E-state index in [2.05, 4.69) is 69.7 Å². The number of unbranched alkanes of at least 4 members (excludes halogenated alkanes) is 1. The minimum absolute atomic E-state index is 0. The maximum atomic E-state index is 11.8. The van der Waals surface area contributed by atoms with Crippen LogP contribution in [0.5, 0.6) is 5.75 Å². The molecule has 1 fully saturated rings. The molecule has 0 radical (unpaired) electrons. The molecular weight excluding hydrogens is 478 g/mol. The zero-order valence-electron chi connectivity index (χ0n) is 18.4. The van der Waals surface area contributed by atoms with Crippen molar-refractivity contribution in [3.8, 4) is 5.75 Å². The molecule has 33 heavy (non-hydrogen) atoms. The number of carbonyl (C=O) groups is 1. The largest absolute Gasteiger partial charge is 0.999 e. The topological polar surface area (TPSA) is 44.8 Å². The molecule has 1 heterocycles. The van der Waals surface area contributed by atoms with Crippen LogP contribution in [0.2, 0.25) is 5.02 Å². The Labute approximate surface area is 212 Å². The molecule has 5 nitrogen and oxygen atoms in total. The Balaban J connectivity index is 0.000000568. The quantitative estimate of drug-likeness (QED) is 0.293. The average Bonchev–Trinajstić information content (AvgIpc) is 3.56. The molecule has 0 aromatic heterocycles. The second-order valence-corrected chi connectivity index (χ2v) is 7.55. The number of benzene rings is 1. The summed E-state index contributed by atoms with van der Waals surface area (Å²) < 4.78 is 5.46. The van der Waals surface area contributed by atoms with Crippen LogP contribution < -0.4 is 15.0 Å². The third-order valence-electron chi connectivity index (χ3n) is 5.07. The summed E-state index contributed by atoms with van der Waals surface area (Å²) in [5.74, 6) is 0.592. The molecule has 3 aromatic rings. The second-order valence-electron chi connectivity index (χ2n) is 7.14. The first-order valence-corrected chi connectivity index (χ1v) is 10.9. The fraction of sp³-hybridized carbons (Fsp3) is 0.346. The number of hydrogen-bond acceptors (Lipinski definition) is 4. The van der Waals surface area contributed by atoms with E-state index in [1.54, 1.807) is 13.2 Å². The molecule has 1 saturated heterocycles. The third-order valence-corrected chi connectivity index (χ3v) is 5.36. The zero-order chi connectivity index (χ0) is 22.6. The van der Waals surface area contributed by atoms with Crippen molar-refractivity contribution in [2.24, 2.45) is 0 Å². The summed E-state index contributed by atoms with van der Waals surface area (Å²) >= 11 is 6.23. The Morgan fingerprint density at radius 2 is 1.82 bits per heavy atom. The smallest absolute Gasteiger partial charge is 0.160 e. The van der Waals surface area contributed by atoms with Crippen LogP contribution in [-0.2, 0) is 17.1 Å². The molecule has 0 saturated carbocycles. The number of piperazine rings is 1. The summed E-state index contributed by atoms with van der Waals surface area (Å²) in [6.45, 7) is 5.60. The van der Waals surface area contributed by atoms with Crippen LogP contribution in [0.25, 0.3) is 0 Å². The molecule has 1 N–H and O–H groups in total. The van der Waals surface area contributed by atoms with E-state index in [4.69, 9.17) is 16.3 Å². The Hall–Kier alpha value is -2.24. The number of para-hydroxylation sites is 1. The predicted octanol–water partition coefficient (Wildman–Crippen LogP) is 3.20. The number of methoxy groups -OCH3 is 1. The van der Waals surface area contributed by atoms with Crippen LogP contribution >= 0.6 is 11.6 Å². The summed E-state index contributed by atoms with van der Waals surface area (Å²) in [6, 6.07) is 28.4. The maximum absolute atomic E-state index is 11.8. The predicted molar refractivity (Wildman–Crippen MR) is 123 cm³/mol. The van der Waals surface area contributed by atoms with Gasteiger partial charge in [-0.3, -0.25) is 4.90 Å². The van der Waals surface area contributed by atoms with Gasteiger partial charge in [0.2, 0.25) is 0 Å². The number of amides is 1. The van der Waals surface area contributed by atoms with Gasteiger partial charge in [0.25, 0.3) is 0 Å². The number of nitrogens with zero attached hydrogens (tertiary/aromatic N) is 2. The Morgan fingerprint density at radius 3 is 2.42 bits per heavy atom. The molecule has 7 heteroatoms. The fourth-order valence-corrected chi connectivity index (χ4v) is 3.67. The minimum atomic E-state index is -0.156. The summed E-state index contributed by atoms with van der Waals surface area (Å²) in [6.07, 6.45) is 2.00. The van der Waals surface area contributed by atoms with Crippen molar-refractivity contribution in [1.82, 2.24) is 10.2 Å². The molecule has 1 aliphatic heterocycles. The molecule has 0 bridgehead atoms. The Kier molecular flexibility index (Phi) is 12.1. The van der Waals surface area contributed by atoms with Crippen LogP contribution in [-0.4, -0.2) is 57.2 Å². The molecule has 1 amide bonds. The van der Waals surface area contributed by atoms with E-state index in [9.17, 15) is 4.79 Å². The van der Waals surface area contributed by atoms with Gasteiger partial charge >= 0.3 is 0 Å². The van der Waals surface area contributed by atoms with E-state index in [0.29, 0.717) is 17.1 Å². The molecule has 4 rings (SSSR count). The van der Waals surface area contributed by atoms with Crippen LogP contribution in [0.3, 0.4) is 0 Å². The van der Waals surface area contributed by atoms with Crippen LogP contribution in [0.1, 0.15) is 23.2 Å².